The minimum absolute atomic E-state index is 0.0878. The van der Waals surface area contributed by atoms with Crippen molar-refractivity contribution in [1.82, 2.24) is 15.0 Å². The maximum absolute atomic E-state index is 5.92. The lowest BCUT2D eigenvalue weighted by Crippen LogP contribution is -2.16. The standard InChI is InChI=1S/C22H20N4O2S/c1-2-5-18-17(4-1)21(26-22(25-18)19-6-3-11-29-19)24-13-15-7-9-23-20(12-15)28-16-8-10-27-14-16/h1-7,9,11-12,16H,8,10,13-14H2,(H,24,25,26). The highest BCUT2D eigenvalue weighted by Gasteiger charge is 2.17. The summed E-state index contributed by atoms with van der Waals surface area (Å²) in [4.78, 5) is 14.9. The molecule has 7 heteroatoms. The second-order valence-corrected chi connectivity index (χ2v) is 7.80. The molecule has 146 valence electrons. The van der Waals surface area contributed by atoms with Crippen molar-refractivity contribution in [3.63, 3.8) is 0 Å². The minimum Gasteiger partial charge on any atom is -0.472 e. The van der Waals surface area contributed by atoms with Crippen molar-refractivity contribution in [2.45, 2.75) is 19.1 Å². The maximum atomic E-state index is 5.92. The van der Waals surface area contributed by atoms with Crippen LogP contribution in [0.25, 0.3) is 21.6 Å². The van der Waals surface area contributed by atoms with Gasteiger partial charge in [-0.1, -0.05) is 18.2 Å². The highest BCUT2D eigenvalue weighted by Crippen LogP contribution is 2.27. The third-order valence-corrected chi connectivity index (χ3v) is 5.65. The summed E-state index contributed by atoms with van der Waals surface area (Å²) in [5.74, 6) is 2.19. The molecule has 0 aliphatic carbocycles. The van der Waals surface area contributed by atoms with E-state index in [0.717, 1.165) is 46.0 Å². The lowest BCUT2D eigenvalue weighted by atomic mass is 10.2. The van der Waals surface area contributed by atoms with E-state index in [9.17, 15) is 0 Å². The van der Waals surface area contributed by atoms with E-state index in [1.54, 1.807) is 17.5 Å². The van der Waals surface area contributed by atoms with Crippen molar-refractivity contribution in [1.29, 1.82) is 0 Å². The number of nitrogens with one attached hydrogen (secondary N) is 1. The number of hydrogen-bond donors (Lipinski definition) is 1. The number of fused-ring (bicyclic) bond motifs is 1. The van der Waals surface area contributed by atoms with Gasteiger partial charge < -0.3 is 14.8 Å². The maximum Gasteiger partial charge on any atom is 0.213 e. The van der Waals surface area contributed by atoms with Crippen LogP contribution in [0.5, 0.6) is 5.88 Å². The van der Waals surface area contributed by atoms with Crippen molar-refractivity contribution in [2.75, 3.05) is 18.5 Å². The molecule has 3 aromatic heterocycles. The Kier molecular flexibility index (Phi) is 5.06. The van der Waals surface area contributed by atoms with Crippen LogP contribution in [0.1, 0.15) is 12.0 Å². The lowest BCUT2D eigenvalue weighted by molar-refractivity contribution is 0.138. The second-order valence-electron chi connectivity index (χ2n) is 6.85. The normalized spacial score (nSPS) is 16.2. The Morgan fingerprint density at radius 2 is 2.10 bits per heavy atom. The minimum atomic E-state index is 0.0878. The van der Waals surface area contributed by atoms with Crippen LogP contribution in [0.15, 0.2) is 60.1 Å². The van der Waals surface area contributed by atoms with Crippen LogP contribution in [0.4, 0.5) is 5.82 Å². The van der Waals surface area contributed by atoms with Gasteiger partial charge in [0.15, 0.2) is 5.82 Å². The van der Waals surface area contributed by atoms with Crippen molar-refractivity contribution < 1.29 is 9.47 Å². The molecule has 5 rings (SSSR count). The zero-order chi connectivity index (χ0) is 19.5. The molecule has 29 heavy (non-hydrogen) atoms. The molecule has 1 unspecified atom stereocenters. The van der Waals surface area contributed by atoms with Crippen LogP contribution in [-0.2, 0) is 11.3 Å². The molecule has 4 heterocycles. The monoisotopic (exact) mass is 404 g/mol. The van der Waals surface area contributed by atoms with E-state index in [4.69, 9.17) is 19.4 Å². The van der Waals surface area contributed by atoms with Gasteiger partial charge in [-0.3, -0.25) is 0 Å². The first kappa shape index (κ1) is 18.0. The molecular weight excluding hydrogens is 384 g/mol. The Bertz CT molecular complexity index is 1110. The molecule has 0 bridgehead atoms. The lowest BCUT2D eigenvalue weighted by Gasteiger charge is -2.13. The molecule has 1 aliphatic rings. The van der Waals surface area contributed by atoms with Gasteiger partial charge in [0.2, 0.25) is 5.88 Å². The fourth-order valence-corrected chi connectivity index (χ4v) is 3.97. The van der Waals surface area contributed by atoms with E-state index in [2.05, 4.69) is 10.3 Å². The molecular formula is C22H20N4O2S. The number of ether oxygens (including phenoxy) is 2. The zero-order valence-corrected chi connectivity index (χ0v) is 16.6. The van der Waals surface area contributed by atoms with E-state index in [1.165, 1.54) is 0 Å². The summed E-state index contributed by atoms with van der Waals surface area (Å²) >= 11 is 1.64. The van der Waals surface area contributed by atoms with Crippen molar-refractivity contribution >= 4 is 28.1 Å². The van der Waals surface area contributed by atoms with Crippen LogP contribution in [0.2, 0.25) is 0 Å². The molecule has 6 nitrogen and oxygen atoms in total. The Labute approximate surface area is 172 Å². The van der Waals surface area contributed by atoms with Gasteiger partial charge in [-0.25, -0.2) is 15.0 Å². The number of pyridine rings is 1. The summed E-state index contributed by atoms with van der Waals surface area (Å²) in [6, 6.07) is 16.1. The third kappa shape index (κ3) is 4.06. The Hall–Kier alpha value is -3.03. The fraction of sp³-hybridized carbons (Fsp3) is 0.227. The highest BCUT2D eigenvalue weighted by atomic mass is 32.1. The number of para-hydroxylation sites is 1. The summed E-state index contributed by atoms with van der Waals surface area (Å²) < 4.78 is 11.3. The summed E-state index contributed by atoms with van der Waals surface area (Å²) in [5.41, 5.74) is 2.00. The molecule has 1 atom stereocenters. The smallest absolute Gasteiger partial charge is 0.213 e. The van der Waals surface area contributed by atoms with Crippen LogP contribution in [0.3, 0.4) is 0 Å². The first-order valence-corrected chi connectivity index (χ1v) is 10.5. The van der Waals surface area contributed by atoms with Gasteiger partial charge in [0.1, 0.15) is 11.9 Å². The molecule has 0 spiro atoms. The van der Waals surface area contributed by atoms with Gasteiger partial charge in [0.05, 0.1) is 23.6 Å². The number of nitrogens with zero attached hydrogens (tertiary/aromatic N) is 3. The molecule has 1 fully saturated rings. The summed E-state index contributed by atoms with van der Waals surface area (Å²) in [5, 5.41) is 6.51. The van der Waals surface area contributed by atoms with Gasteiger partial charge in [0, 0.05) is 30.6 Å². The highest BCUT2D eigenvalue weighted by molar-refractivity contribution is 7.13. The summed E-state index contributed by atoms with van der Waals surface area (Å²) in [6.07, 6.45) is 2.77. The predicted octanol–water partition coefficient (Wildman–Crippen LogP) is 4.53. The number of benzene rings is 1. The van der Waals surface area contributed by atoms with Crippen LogP contribution < -0.4 is 10.1 Å². The zero-order valence-electron chi connectivity index (χ0n) is 15.7. The average molecular weight is 404 g/mol. The van der Waals surface area contributed by atoms with Crippen molar-refractivity contribution in [3.8, 4) is 16.6 Å². The molecule has 0 saturated carbocycles. The summed E-state index contributed by atoms with van der Waals surface area (Å²) in [7, 11) is 0. The third-order valence-electron chi connectivity index (χ3n) is 4.78. The van der Waals surface area contributed by atoms with Gasteiger partial charge in [0.25, 0.3) is 0 Å². The molecule has 0 amide bonds. The molecule has 1 saturated heterocycles. The Balaban J connectivity index is 1.39. The molecule has 1 aromatic carbocycles. The number of anilines is 1. The van der Waals surface area contributed by atoms with Gasteiger partial charge >= 0.3 is 0 Å². The number of thiophene rings is 1. The SMILES string of the molecule is c1csc(-c2nc(NCc3ccnc(OC4CCOC4)c3)c3ccccc3n2)c1. The summed E-state index contributed by atoms with van der Waals surface area (Å²) in [6.45, 7) is 1.99. The van der Waals surface area contributed by atoms with Gasteiger partial charge in [-0.05, 0) is 35.2 Å². The topological polar surface area (TPSA) is 69.2 Å². The first-order chi connectivity index (χ1) is 14.3. The van der Waals surface area contributed by atoms with E-state index in [1.807, 2.05) is 53.9 Å². The van der Waals surface area contributed by atoms with Crippen LogP contribution >= 0.6 is 11.3 Å². The van der Waals surface area contributed by atoms with Gasteiger partial charge in [-0.15, -0.1) is 11.3 Å². The van der Waals surface area contributed by atoms with Crippen molar-refractivity contribution in [2.24, 2.45) is 0 Å². The van der Waals surface area contributed by atoms with E-state index < -0.39 is 0 Å². The number of rotatable bonds is 6. The van der Waals surface area contributed by atoms with E-state index >= 15 is 0 Å². The number of hydrogen-bond acceptors (Lipinski definition) is 7. The number of aromatic nitrogens is 3. The quantitative estimate of drug-likeness (QED) is 0.509. The Morgan fingerprint density at radius 3 is 2.97 bits per heavy atom. The largest absolute Gasteiger partial charge is 0.472 e. The van der Waals surface area contributed by atoms with E-state index in [0.29, 0.717) is 19.0 Å². The van der Waals surface area contributed by atoms with Gasteiger partial charge in [-0.2, -0.15) is 0 Å². The first-order valence-electron chi connectivity index (χ1n) is 9.59. The second kappa shape index (κ2) is 8.14. The predicted molar refractivity (Wildman–Crippen MR) is 114 cm³/mol. The van der Waals surface area contributed by atoms with Crippen LogP contribution in [-0.4, -0.2) is 34.3 Å². The molecule has 1 N–H and O–H groups in total. The molecule has 4 aromatic rings. The van der Waals surface area contributed by atoms with Crippen LogP contribution in [0, 0.1) is 0 Å². The average Bonchev–Trinajstić information content (AvgIpc) is 3.46. The fourth-order valence-electron chi connectivity index (χ4n) is 3.31. The van der Waals surface area contributed by atoms with Crippen molar-refractivity contribution in [3.05, 3.63) is 65.7 Å². The Morgan fingerprint density at radius 1 is 1.14 bits per heavy atom. The van der Waals surface area contributed by atoms with E-state index in [-0.39, 0.29) is 6.10 Å². The molecule has 0 radical (unpaired) electrons. The molecule has 1 aliphatic heterocycles.